The van der Waals surface area contributed by atoms with Gasteiger partial charge in [-0.3, -0.25) is 0 Å². The van der Waals surface area contributed by atoms with Crippen LogP contribution in [0.4, 0.5) is 0 Å². The number of benzene rings is 1. The average molecular weight is 162 g/mol. The molecule has 0 spiro atoms. The third-order valence-corrected chi connectivity index (χ3v) is 1.79. The number of para-hydroxylation sites is 1. The van der Waals surface area contributed by atoms with Gasteiger partial charge in [-0.2, -0.15) is 0 Å². The van der Waals surface area contributed by atoms with Crippen molar-refractivity contribution in [2.45, 2.75) is 13.8 Å². The first-order valence-electron chi connectivity index (χ1n) is 4.06. The second-order valence-electron chi connectivity index (χ2n) is 2.70. The van der Waals surface area contributed by atoms with Crippen molar-refractivity contribution in [3.8, 4) is 5.75 Å². The molecule has 1 aromatic rings. The first-order chi connectivity index (χ1) is 5.79. The molecule has 0 unspecified atom stereocenters. The molecule has 0 atom stereocenters. The van der Waals surface area contributed by atoms with Crippen LogP contribution < -0.4 is 4.74 Å². The predicted octanol–water partition coefficient (Wildman–Crippen LogP) is 3.04. The summed E-state index contributed by atoms with van der Waals surface area (Å²) in [7, 11) is 1.70. The molecule has 12 heavy (non-hydrogen) atoms. The van der Waals surface area contributed by atoms with Crippen LogP contribution in [0.1, 0.15) is 18.1 Å². The van der Waals surface area contributed by atoms with Crippen LogP contribution in [0.2, 0.25) is 0 Å². The molecular formula is C11H14O. The molecule has 0 heterocycles. The molecule has 0 fully saturated rings. The lowest BCUT2D eigenvalue weighted by Crippen LogP contribution is -1.89. The molecule has 64 valence electrons. The Hall–Kier alpha value is -1.24. The molecule has 1 nitrogen and oxygen atoms in total. The van der Waals surface area contributed by atoms with Crippen molar-refractivity contribution in [1.29, 1.82) is 0 Å². The summed E-state index contributed by atoms with van der Waals surface area (Å²) in [4.78, 5) is 0. The maximum absolute atomic E-state index is 5.28. The number of rotatable bonds is 2. The number of aryl methyl sites for hydroxylation is 1. The van der Waals surface area contributed by atoms with E-state index in [9.17, 15) is 0 Å². The third-order valence-electron chi connectivity index (χ3n) is 1.79. The van der Waals surface area contributed by atoms with E-state index in [1.54, 1.807) is 7.11 Å². The van der Waals surface area contributed by atoms with E-state index in [0.29, 0.717) is 0 Å². The van der Waals surface area contributed by atoms with Crippen molar-refractivity contribution in [2.24, 2.45) is 0 Å². The normalized spacial score (nSPS) is 10.6. The van der Waals surface area contributed by atoms with Crippen LogP contribution in [-0.2, 0) is 0 Å². The Morgan fingerprint density at radius 2 is 2.08 bits per heavy atom. The highest BCUT2D eigenvalue weighted by Gasteiger charge is 2.00. The van der Waals surface area contributed by atoms with E-state index in [1.165, 1.54) is 5.56 Å². The number of ether oxygens (including phenoxy) is 1. The maximum atomic E-state index is 5.28. The van der Waals surface area contributed by atoms with Crippen LogP contribution in [0, 0.1) is 6.92 Å². The zero-order chi connectivity index (χ0) is 8.97. The Morgan fingerprint density at radius 1 is 1.33 bits per heavy atom. The Kier molecular flexibility index (Phi) is 2.92. The van der Waals surface area contributed by atoms with Crippen molar-refractivity contribution >= 4 is 6.08 Å². The minimum absolute atomic E-state index is 0.968. The van der Waals surface area contributed by atoms with Crippen LogP contribution in [0.3, 0.4) is 0 Å². The van der Waals surface area contributed by atoms with E-state index in [4.69, 9.17) is 4.74 Å². The SMILES string of the molecule is CC=Cc1cccc(C)c1OC. The molecule has 0 bridgehead atoms. The number of hydrogen-bond donors (Lipinski definition) is 0. The van der Waals surface area contributed by atoms with Crippen molar-refractivity contribution in [3.05, 3.63) is 35.4 Å². The molecular weight excluding hydrogens is 148 g/mol. The molecule has 0 aliphatic carbocycles. The lowest BCUT2D eigenvalue weighted by Gasteiger charge is -2.07. The molecule has 1 aromatic carbocycles. The monoisotopic (exact) mass is 162 g/mol. The van der Waals surface area contributed by atoms with E-state index < -0.39 is 0 Å². The van der Waals surface area contributed by atoms with Crippen LogP contribution in [0.5, 0.6) is 5.75 Å². The number of hydrogen-bond acceptors (Lipinski definition) is 1. The fourth-order valence-corrected chi connectivity index (χ4v) is 1.26. The number of methoxy groups -OCH3 is 1. The summed E-state index contributed by atoms with van der Waals surface area (Å²) in [5.74, 6) is 0.968. The molecule has 0 N–H and O–H groups in total. The van der Waals surface area contributed by atoms with Gasteiger partial charge in [-0.25, -0.2) is 0 Å². The van der Waals surface area contributed by atoms with Crippen LogP contribution in [-0.4, -0.2) is 7.11 Å². The average Bonchev–Trinajstić information content (AvgIpc) is 2.05. The molecule has 0 saturated carbocycles. The fourth-order valence-electron chi connectivity index (χ4n) is 1.26. The molecule has 0 aromatic heterocycles. The standard InChI is InChI=1S/C11H14O/c1-4-6-10-8-5-7-9(2)11(10)12-3/h4-8H,1-3H3. The quantitative estimate of drug-likeness (QED) is 0.649. The highest BCUT2D eigenvalue weighted by atomic mass is 16.5. The summed E-state index contributed by atoms with van der Waals surface area (Å²) in [5, 5.41) is 0. The second kappa shape index (κ2) is 3.96. The largest absolute Gasteiger partial charge is 0.496 e. The summed E-state index contributed by atoms with van der Waals surface area (Å²) in [5.41, 5.74) is 2.31. The van der Waals surface area contributed by atoms with Crippen molar-refractivity contribution < 1.29 is 4.74 Å². The first-order valence-corrected chi connectivity index (χ1v) is 4.06. The Morgan fingerprint density at radius 3 is 2.67 bits per heavy atom. The first kappa shape index (κ1) is 8.85. The summed E-state index contributed by atoms with van der Waals surface area (Å²) < 4.78 is 5.28. The molecule has 1 rings (SSSR count). The smallest absolute Gasteiger partial charge is 0.128 e. The van der Waals surface area contributed by atoms with Gasteiger partial charge >= 0.3 is 0 Å². The fraction of sp³-hybridized carbons (Fsp3) is 0.273. The van der Waals surface area contributed by atoms with Gasteiger partial charge in [-0.1, -0.05) is 30.4 Å². The zero-order valence-corrected chi connectivity index (χ0v) is 7.79. The minimum Gasteiger partial charge on any atom is -0.496 e. The van der Waals surface area contributed by atoms with E-state index in [0.717, 1.165) is 11.3 Å². The van der Waals surface area contributed by atoms with Crippen molar-refractivity contribution in [2.75, 3.05) is 7.11 Å². The highest BCUT2D eigenvalue weighted by Crippen LogP contribution is 2.23. The van der Waals surface area contributed by atoms with Crippen molar-refractivity contribution in [3.63, 3.8) is 0 Å². The summed E-state index contributed by atoms with van der Waals surface area (Å²) in [6.45, 7) is 4.05. The maximum Gasteiger partial charge on any atom is 0.128 e. The topological polar surface area (TPSA) is 9.23 Å². The van der Waals surface area contributed by atoms with Gasteiger partial charge in [0.1, 0.15) is 5.75 Å². The third kappa shape index (κ3) is 1.67. The molecule has 0 amide bonds. The minimum atomic E-state index is 0.968. The van der Waals surface area contributed by atoms with E-state index in [-0.39, 0.29) is 0 Å². The van der Waals surface area contributed by atoms with Crippen LogP contribution in [0.15, 0.2) is 24.3 Å². The van der Waals surface area contributed by atoms with Gasteiger partial charge in [-0.05, 0) is 19.4 Å². The molecule has 0 aliphatic rings. The summed E-state index contributed by atoms with van der Waals surface area (Å²) in [6, 6.07) is 6.13. The van der Waals surface area contributed by atoms with Gasteiger partial charge in [0.25, 0.3) is 0 Å². The predicted molar refractivity (Wildman–Crippen MR) is 52.4 cm³/mol. The Bertz CT molecular complexity index is 287. The number of allylic oxidation sites excluding steroid dienone is 1. The van der Waals surface area contributed by atoms with Crippen LogP contribution >= 0.6 is 0 Å². The van der Waals surface area contributed by atoms with Crippen LogP contribution in [0.25, 0.3) is 6.08 Å². The van der Waals surface area contributed by atoms with E-state index in [1.807, 2.05) is 44.2 Å². The van der Waals surface area contributed by atoms with Gasteiger partial charge in [0, 0.05) is 5.56 Å². The molecule has 0 radical (unpaired) electrons. The molecule has 0 saturated heterocycles. The highest BCUT2D eigenvalue weighted by molar-refractivity contribution is 5.59. The van der Waals surface area contributed by atoms with Gasteiger partial charge in [0.2, 0.25) is 0 Å². The van der Waals surface area contributed by atoms with Crippen molar-refractivity contribution in [1.82, 2.24) is 0 Å². The zero-order valence-electron chi connectivity index (χ0n) is 7.79. The van der Waals surface area contributed by atoms with Gasteiger partial charge in [-0.15, -0.1) is 0 Å². The van der Waals surface area contributed by atoms with Gasteiger partial charge in [0.05, 0.1) is 7.11 Å². The molecule has 0 aliphatic heterocycles. The molecule has 1 heteroatoms. The van der Waals surface area contributed by atoms with E-state index in [2.05, 4.69) is 0 Å². The van der Waals surface area contributed by atoms with Gasteiger partial charge in [0.15, 0.2) is 0 Å². The Labute approximate surface area is 73.7 Å². The summed E-state index contributed by atoms with van der Waals surface area (Å²) >= 11 is 0. The van der Waals surface area contributed by atoms with Gasteiger partial charge < -0.3 is 4.74 Å². The van der Waals surface area contributed by atoms with E-state index >= 15 is 0 Å². The lowest BCUT2D eigenvalue weighted by atomic mass is 10.1. The summed E-state index contributed by atoms with van der Waals surface area (Å²) in [6.07, 6.45) is 4.06. The second-order valence-corrected chi connectivity index (χ2v) is 2.70. The Balaban J connectivity index is 3.18. The lowest BCUT2D eigenvalue weighted by molar-refractivity contribution is 0.411.